The van der Waals surface area contributed by atoms with E-state index in [0.717, 1.165) is 10.0 Å². The summed E-state index contributed by atoms with van der Waals surface area (Å²) < 4.78 is 46.9. The molecular formula is C24H15Br2F3N4O6. The molecule has 0 aromatic heterocycles. The van der Waals surface area contributed by atoms with Crippen molar-refractivity contribution in [2.24, 2.45) is 5.10 Å². The van der Waals surface area contributed by atoms with E-state index in [2.05, 4.69) is 37.0 Å². The van der Waals surface area contributed by atoms with E-state index in [-0.39, 0.29) is 29.9 Å². The summed E-state index contributed by atoms with van der Waals surface area (Å²) in [6.07, 6.45) is -4.89. The van der Waals surface area contributed by atoms with E-state index in [1.807, 2.05) is 0 Å². The molecule has 1 aliphatic rings. The number of ether oxygens (including phenoxy) is 1. The van der Waals surface area contributed by atoms with Crippen LogP contribution in [0.3, 0.4) is 0 Å². The monoisotopic (exact) mass is 670 g/mol. The highest BCUT2D eigenvalue weighted by molar-refractivity contribution is 9.10. The highest BCUT2D eigenvalue weighted by atomic mass is 79.9. The average Bonchev–Trinajstić information content (AvgIpc) is 3.30. The van der Waals surface area contributed by atoms with Crippen molar-refractivity contribution in [2.45, 2.75) is 25.6 Å². The molecule has 0 spiro atoms. The van der Waals surface area contributed by atoms with Gasteiger partial charge in [0, 0.05) is 40.0 Å². The number of nitro groups is 2. The molecule has 39 heavy (non-hydrogen) atoms. The Kier molecular flexibility index (Phi) is 7.75. The molecule has 0 saturated heterocycles. The number of carbonyl (C=O) groups is 1. The molecule has 3 aromatic carbocycles. The normalized spacial score (nSPS) is 15.2. The molecule has 0 saturated carbocycles. The zero-order chi connectivity index (χ0) is 28.6. The molecule has 3 aromatic rings. The highest BCUT2D eigenvalue weighted by Gasteiger charge is 2.40. The number of hydrazone groups is 1. The van der Waals surface area contributed by atoms with Gasteiger partial charge in [-0.25, -0.2) is 5.01 Å². The first kappa shape index (κ1) is 28.2. The lowest BCUT2D eigenvalue weighted by atomic mass is 9.97. The predicted molar refractivity (Wildman–Crippen MR) is 140 cm³/mol. The lowest BCUT2D eigenvalue weighted by Gasteiger charge is -2.23. The summed E-state index contributed by atoms with van der Waals surface area (Å²) in [7, 11) is 0. The Hall–Kier alpha value is -3.85. The van der Waals surface area contributed by atoms with Crippen molar-refractivity contribution in [3.8, 4) is 11.5 Å². The molecule has 1 atom stereocenters. The van der Waals surface area contributed by atoms with Crippen molar-refractivity contribution in [3.63, 3.8) is 0 Å². The summed E-state index contributed by atoms with van der Waals surface area (Å²) in [5, 5.41) is 29.0. The molecule has 0 radical (unpaired) electrons. The van der Waals surface area contributed by atoms with Gasteiger partial charge < -0.3 is 4.74 Å². The van der Waals surface area contributed by atoms with Crippen LogP contribution >= 0.6 is 31.9 Å². The fourth-order valence-corrected chi connectivity index (χ4v) is 4.62. The minimum absolute atomic E-state index is 0.146. The van der Waals surface area contributed by atoms with Crippen LogP contribution in [-0.2, 0) is 11.0 Å². The van der Waals surface area contributed by atoms with Crippen LogP contribution in [-0.4, -0.2) is 26.5 Å². The third kappa shape index (κ3) is 5.93. The van der Waals surface area contributed by atoms with E-state index < -0.39 is 50.7 Å². The Morgan fingerprint density at radius 1 is 1.00 bits per heavy atom. The van der Waals surface area contributed by atoms with E-state index in [1.165, 1.54) is 30.1 Å². The number of halogens is 5. The molecule has 1 amide bonds. The second kappa shape index (κ2) is 10.7. The van der Waals surface area contributed by atoms with Gasteiger partial charge in [0.2, 0.25) is 5.91 Å². The van der Waals surface area contributed by atoms with Gasteiger partial charge in [0.25, 0.3) is 5.75 Å². The number of nitro benzene ring substituents is 2. The number of hydrogen-bond donors (Lipinski definition) is 0. The second-order valence-electron chi connectivity index (χ2n) is 8.28. The lowest BCUT2D eigenvalue weighted by molar-refractivity contribution is -0.396. The van der Waals surface area contributed by atoms with Gasteiger partial charge in [-0.1, -0.05) is 44.0 Å². The molecule has 202 valence electrons. The highest BCUT2D eigenvalue weighted by Crippen LogP contribution is 2.47. The number of amides is 1. The number of benzene rings is 3. The van der Waals surface area contributed by atoms with E-state index in [0.29, 0.717) is 10.2 Å². The lowest BCUT2D eigenvalue weighted by Crippen LogP contribution is -2.24. The number of nitrogens with zero attached hydrogens (tertiary/aromatic N) is 4. The summed E-state index contributed by atoms with van der Waals surface area (Å²) in [5.41, 5.74) is -2.54. The molecule has 0 N–H and O–H groups in total. The summed E-state index contributed by atoms with van der Waals surface area (Å²) in [4.78, 5) is 33.5. The molecule has 15 heteroatoms. The van der Waals surface area contributed by atoms with Gasteiger partial charge in [-0.2, -0.15) is 18.3 Å². The topological polar surface area (TPSA) is 128 Å². The standard InChI is InChI=1S/C24H15Br2F3N4O6/c1-12(34)31-19(11-18(30-31)13-2-4-15(25)5-3-13)17-10-16(26)6-7-22(17)39-23-20(32(35)36)8-14(24(27,28)29)9-21(23)33(37)38/h2-10,19H,11H2,1H3. The fourth-order valence-electron chi connectivity index (χ4n) is 3.98. The summed E-state index contributed by atoms with van der Waals surface area (Å²) >= 11 is 6.67. The molecule has 0 fully saturated rings. The third-order valence-corrected chi connectivity index (χ3v) is 6.75. The summed E-state index contributed by atoms with van der Waals surface area (Å²) in [6.45, 7) is 1.28. The third-order valence-electron chi connectivity index (χ3n) is 5.72. The Labute approximate surface area is 234 Å². The molecule has 4 rings (SSSR count). The molecule has 1 unspecified atom stereocenters. The number of alkyl halides is 3. The van der Waals surface area contributed by atoms with Crippen molar-refractivity contribution in [1.29, 1.82) is 0 Å². The van der Waals surface area contributed by atoms with Gasteiger partial charge >= 0.3 is 17.6 Å². The summed E-state index contributed by atoms with van der Waals surface area (Å²) in [5.74, 6) is -1.57. The Bertz CT molecular complexity index is 1490. The number of rotatable bonds is 6. The predicted octanol–water partition coefficient (Wildman–Crippen LogP) is 7.54. The molecule has 1 heterocycles. The van der Waals surface area contributed by atoms with Crippen LogP contribution in [0.15, 0.2) is 68.6 Å². The quantitative estimate of drug-likeness (QED) is 0.197. The van der Waals surface area contributed by atoms with Gasteiger partial charge in [0.1, 0.15) is 5.75 Å². The van der Waals surface area contributed by atoms with Crippen LogP contribution in [0.1, 0.15) is 36.1 Å². The van der Waals surface area contributed by atoms with Crippen molar-refractivity contribution in [1.82, 2.24) is 5.01 Å². The van der Waals surface area contributed by atoms with E-state index in [1.54, 1.807) is 24.3 Å². The maximum atomic E-state index is 13.3. The van der Waals surface area contributed by atoms with Crippen molar-refractivity contribution in [2.75, 3.05) is 0 Å². The van der Waals surface area contributed by atoms with Gasteiger partial charge in [0.15, 0.2) is 0 Å². The van der Waals surface area contributed by atoms with Gasteiger partial charge in [-0.3, -0.25) is 25.0 Å². The van der Waals surface area contributed by atoms with Crippen molar-refractivity contribution < 1.29 is 32.5 Å². The first-order valence-corrected chi connectivity index (χ1v) is 12.5. The maximum Gasteiger partial charge on any atom is 0.416 e. The zero-order valence-electron chi connectivity index (χ0n) is 19.6. The minimum Gasteiger partial charge on any atom is -0.444 e. The number of hydrogen-bond acceptors (Lipinski definition) is 7. The van der Waals surface area contributed by atoms with Gasteiger partial charge in [-0.15, -0.1) is 0 Å². The van der Waals surface area contributed by atoms with E-state index in [9.17, 15) is 38.2 Å². The van der Waals surface area contributed by atoms with E-state index >= 15 is 0 Å². The van der Waals surface area contributed by atoms with Gasteiger partial charge in [0.05, 0.1) is 27.2 Å². The Balaban J connectivity index is 1.83. The minimum atomic E-state index is -5.08. The van der Waals surface area contributed by atoms with Crippen LogP contribution < -0.4 is 4.74 Å². The number of carbonyl (C=O) groups excluding carboxylic acids is 1. The fraction of sp³-hybridized carbons (Fsp3) is 0.167. The Morgan fingerprint density at radius 2 is 1.56 bits per heavy atom. The summed E-state index contributed by atoms with van der Waals surface area (Å²) in [6, 6.07) is 11.1. The van der Waals surface area contributed by atoms with Crippen molar-refractivity contribution in [3.05, 3.63) is 100 Å². The van der Waals surface area contributed by atoms with Crippen LogP contribution in [0.25, 0.3) is 0 Å². The average molecular weight is 672 g/mol. The smallest absolute Gasteiger partial charge is 0.416 e. The second-order valence-corrected chi connectivity index (χ2v) is 10.1. The Morgan fingerprint density at radius 3 is 2.08 bits per heavy atom. The van der Waals surface area contributed by atoms with Gasteiger partial charge in [-0.05, 0) is 35.9 Å². The van der Waals surface area contributed by atoms with Crippen LogP contribution in [0.2, 0.25) is 0 Å². The van der Waals surface area contributed by atoms with Crippen LogP contribution in [0, 0.1) is 20.2 Å². The largest absolute Gasteiger partial charge is 0.444 e. The van der Waals surface area contributed by atoms with Crippen LogP contribution in [0.5, 0.6) is 11.5 Å². The SMILES string of the molecule is CC(=O)N1N=C(c2ccc(Br)cc2)CC1c1cc(Br)ccc1Oc1c([N+](=O)[O-])cc(C(F)(F)F)cc1[N+](=O)[O-]. The first-order chi connectivity index (χ1) is 18.3. The molecule has 1 aliphatic heterocycles. The zero-order valence-corrected chi connectivity index (χ0v) is 22.8. The first-order valence-electron chi connectivity index (χ1n) is 10.9. The van der Waals surface area contributed by atoms with Crippen molar-refractivity contribution >= 4 is 54.9 Å². The molecular weight excluding hydrogens is 657 g/mol. The van der Waals surface area contributed by atoms with E-state index in [4.69, 9.17) is 4.74 Å². The molecule has 10 nitrogen and oxygen atoms in total. The maximum absolute atomic E-state index is 13.3. The molecule has 0 bridgehead atoms. The molecule has 0 aliphatic carbocycles. The van der Waals surface area contributed by atoms with Crippen LogP contribution in [0.4, 0.5) is 24.5 Å².